The molecule has 2 aliphatic heterocycles. The molecule has 0 bridgehead atoms. The van der Waals surface area contributed by atoms with E-state index in [-0.39, 0.29) is 38.6 Å². The molecule has 2 aliphatic rings. The molecule has 0 radical (unpaired) electrons. The third-order valence-electron chi connectivity index (χ3n) is 12.1. The van der Waals surface area contributed by atoms with Crippen LogP contribution in [0, 0.1) is 36.5 Å². The summed E-state index contributed by atoms with van der Waals surface area (Å²) in [4.78, 5) is 12.7. The summed E-state index contributed by atoms with van der Waals surface area (Å²) in [6.07, 6.45) is 7.07. The lowest BCUT2D eigenvalue weighted by molar-refractivity contribution is 0.173. The molecule has 338 valence electrons. The molecule has 0 amide bonds. The van der Waals surface area contributed by atoms with E-state index in [1.165, 1.54) is 12.4 Å². The molecule has 0 spiro atoms. The highest BCUT2D eigenvalue weighted by Crippen LogP contribution is 2.38. The van der Waals surface area contributed by atoms with Crippen LogP contribution in [0.3, 0.4) is 0 Å². The molecular weight excluding hydrogens is 876 g/mol. The number of pyridine rings is 2. The molecule has 8 rings (SSSR count). The van der Waals surface area contributed by atoms with Gasteiger partial charge in [0.2, 0.25) is 0 Å². The van der Waals surface area contributed by atoms with E-state index >= 15 is 0 Å². The number of aromatic nitrogens is 2. The molecule has 66 heavy (non-hydrogen) atoms. The van der Waals surface area contributed by atoms with Crippen molar-refractivity contribution in [3.05, 3.63) is 163 Å². The lowest BCUT2D eigenvalue weighted by atomic mass is 9.92. The Hall–Kier alpha value is -6.22. The van der Waals surface area contributed by atoms with Crippen LogP contribution in [0.5, 0.6) is 23.0 Å². The maximum Gasteiger partial charge on any atom is 0.142 e. The Labute approximate surface area is 395 Å². The smallest absolute Gasteiger partial charge is 0.142 e. The number of rotatable bonds is 17. The van der Waals surface area contributed by atoms with Gasteiger partial charge in [0, 0.05) is 98.4 Å². The van der Waals surface area contributed by atoms with E-state index in [9.17, 15) is 20.7 Å². The SMILES string of the molecule is Cc1c(COc2cc(OCc3cncc(C#N)c3)c(CN3CCC(O)C3)cc2Cl)cccc1-c1cccc(COc2cc(OCc3cncc(C#N)c3)c(CN3CCC(O)C3)cc2Cl)c1C. The van der Waals surface area contributed by atoms with Crippen molar-refractivity contribution in [3.8, 4) is 46.3 Å². The zero-order valence-electron chi connectivity index (χ0n) is 36.8. The predicted octanol–water partition coefficient (Wildman–Crippen LogP) is 9.26. The second-order valence-corrected chi connectivity index (χ2v) is 17.7. The van der Waals surface area contributed by atoms with E-state index in [1.54, 1.807) is 24.5 Å². The van der Waals surface area contributed by atoms with Gasteiger partial charge in [0.15, 0.2) is 0 Å². The van der Waals surface area contributed by atoms with Gasteiger partial charge in [-0.3, -0.25) is 19.8 Å². The van der Waals surface area contributed by atoms with E-state index < -0.39 is 0 Å². The first-order valence-corrected chi connectivity index (χ1v) is 22.6. The number of benzene rings is 4. The van der Waals surface area contributed by atoms with Crippen molar-refractivity contribution in [3.63, 3.8) is 0 Å². The van der Waals surface area contributed by atoms with Gasteiger partial charge in [-0.25, -0.2) is 0 Å². The third kappa shape index (κ3) is 11.4. The van der Waals surface area contributed by atoms with Crippen molar-refractivity contribution in [2.75, 3.05) is 26.2 Å². The van der Waals surface area contributed by atoms with Gasteiger partial charge >= 0.3 is 0 Å². The molecule has 0 aliphatic carbocycles. The van der Waals surface area contributed by atoms with E-state index in [1.807, 2.05) is 48.5 Å². The number of aliphatic hydroxyl groups is 2. The first-order valence-electron chi connectivity index (χ1n) is 21.9. The van der Waals surface area contributed by atoms with Crippen LogP contribution in [0.25, 0.3) is 11.1 Å². The number of hydrogen-bond acceptors (Lipinski definition) is 12. The molecule has 4 heterocycles. The Bertz CT molecular complexity index is 2600. The molecule has 6 aromatic rings. The lowest BCUT2D eigenvalue weighted by Gasteiger charge is -2.21. The van der Waals surface area contributed by atoms with Crippen LogP contribution in [-0.4, -0.2) is 68.4 Å². The normalized spacial score (nSPS) is 16.2. The molecule has 14 heteroatoms. The molecule has 12 nitrogen and oxygen atoms in total. The van der Waals surface area contributed by atoms with Gasteiger partial charge in [0.1, 0.15) is 61.6 Å². The molecule has 2 atom stereocenters. The summed E-state index contributed by atoms with van der Waals surface area (Å²) in [5, 5.41) is 40.0. The van der Waals surface area contributed by atoms with Gasteiger partial charge < -0.3 is 29.2 Å². The summed E-state index contributed by atoms with van der Waals surface area (Å²) in [5.74, 6) is 2.14. The van der Waals surface area contributed by atoms with E-state index in [4.69, 9.17) is 42.1 Å². The Morgan fingerprint density at radius 1 is 0.576 bits per heavy atom. The Kier molecular flexibility index (Phi) is 15.0. The number of ether oxygens (including phenoxy) is 4. The monoisotopic (exact) mass is 924 g/mol. The highest BCUT2D eigenvalue weighted by molar-refractivity contribution is 6.32. The fraction of sp³-hybridized carbons (Fsp3) is 0.308. The Morgan fingerprint density at radius 2 is 1.00 bits per heavy atom. The molecule has 2 N–H and O–H groups in total. The predicted molar refractivity (Wildman–Crippen MR) is 251 cm³/mol. The highest BCUT2D eigenvalue weighted by atomic mass is 35.5. The van der Waals surface area contributed by atoms with Crippen LogP contribution in [0.4, 0.5) is 0 Å². The molecule has 2 aromatic heterocycles. The van der Waals surface area contributed by atoms with Gasteiger partial charge in [-0.2, -0.15) is 10.5 Å². The average molecular weight is 926 g/mol. The third-order valence-corrected chi connectivity index (χ3v) is 12.7. The molecule has 2 fully saturated rings. The summed E-state index contributed by atoms with van der Waals surface area (Å²) < 4.78 is 25.6. The van der Waals surface area contributed by atoms with Crippen molar-refractivity contribution in [1.29, 1.82) is 10.5 Å². The van der Waals surface area contributed by atoms with E-state index in [0.29, 0.717) is 83.2 Å². The highest BCUT2D eigenvalue weighted by Gasteiger charge is 2.24. The van der Waals surface area contributed by atoms with Gasteiger partial charge in [0.05, 0.1) is 33.4 Å². The topological polar surface area (TPSA) is 157 Å². The largest absolute Gasteiger partial charge is 0.488 e. The van der Waals surface area contributed by atoms with E-state index in [0.717, 1.165) is 68.7 Å². The molecule has 0 saturated carbocycles. The zero-order chi connectivity index (χ0) is 46.2. The first kappa shape index (κ1) is 46.3. The fourth-order valence-corrected chi connectivity index (χ4v) is 8.92. The van der Waals surface area contributed by atoms with Crippen molar-refractivity contribution < 1.29 is 29.2 Å². The number of nitriles is 2. The molecule has 2 unspecified atom stereocenters. The number of hydrogen-bond donors (Lipinski definition) is 2. The van der Waals surface area contributed by atoms with Crippen molar-refractivity contribution in [2.24, 2.45) is 0 Å². The minimum Gasteiger partial charge on any atom is -0.488 e. The van der Waals surface area contributed by atoms with Crippen LogP contribution in [0.2, 0.25) is 10.0 Å². The van der Waals surface area contributed by atoms with Gasteiger partial charge in [0.25, 0.3) is 0 Å². The number of nitrogens with zero attached hydrogens (tertiary/aromatic N) is 6. The lowest BCUT2D eigenvalue weighted by Crippen LogP contribution is -2.22. The number of likely N-dealkylation sites (tertiary alicyclic amines) is 2. The summed E-state index contributed by atoms with van der Waals surface area (Å²) in [5.41, 5.74) is 10.4. The second kappa shape index (κ2) is 21.4. The maximum atomic E-state index is 10.2. The fourth-order valence-electron chi connectivity index (χ4n) is 8.43. The van der Waals surface area contributed by atoms with E-state index in [2.05, 4.69) is 57.9 Å². The minimum atomic E-state index is -0.365. The summed E-state index contributed by atoms with van der Waals surface area (Å²) >= 11 is 13.8. The molecule has 2 saturated heterocycles. The van der Waals surface area contributed by atoms with Gasteiger partial charge in [-0.05, 0) is 84.3 Å². The molecular formula is C52H50Cl2N6O6. The van der Waals surface area contributed by atoms with Crippen molar-refractivity contribution in [2.45, 2.75) is 78.4 Å². The van der Waals surface area contributed by atoms with Crippen LogP contribution in [0.15, 0.2) is 97.6 Å². The van der Waals surface area contributed by atoms with Crippen LogP contribution < -0.4 is 18.9 Å². The maximum absolute atomic E-state index is 10.2. The standard InChI is InChI=1S/C52H50Cl2N6O6/c1-33-39(31-65-51-17-49(63-29-37-13-35(19-55)21-57-23-37)41(15-47(51)53)25-59-11-9-43(61)27-59)5-3-7-45(33)46-8-4-6-40(34(46)2)32-66-52-18-50(64-30-38-14-36(20-56)22-58-24-38)42(16-48(52)54)26-60-12-10-44(62)28-60/h3-8,13-18,21-24,43-44,61-62H,9-12,25-32H2,1-2H3. The Morgan fingerprint density at radius 3 is 1.39 bits per heavy atom. The number of halogens is 2. The van der Waals surface area contributed by atoms with Crippen LogP contribution in [0.1, 0.15) is 68.5 Å². The zero-order valence-corrected chi connectivity index (χ0v) is 38.4. The number of β-amino-alcohol motifs (C(OH)–C–C–N with tert-alkyl or cyclic N) is 2. The summed E-state index contributed by atoms with van der Waals surface area (Å²) in [6, 6.07) is 27.5. The quantitative estimate of drug-likeness (QED) is 0.0895. The molecule has 4 aromatic carbocycles. The number of aliphatic hydroxyl groups excluding tert-OH is 2. The van der Waals surface area contributed by atoms with Crippen molar-refractivity contribution >= 4 is 23.2 Å². The summed E-state index contributed by atoms with van der Waals surface area (Å²) in [6.45, 7) is 8.84. The Balaban J connectivity index is 0.985. The minimum absolute atomic E-state index is 0.197. The first-order chi connectivity index (χ1) is 32.0. The van der Waals surface area contributed by atoms with Gasteiger partial charge in [-0.15, -0.1) is 0 Å². The van der Waals surface area contributed by atoms with Gasteiger partial charge in [-0.1, -0.05) is 59.6 Å². The average Bonchev–Trinajstić information content (AvgIpc) is 3.94. The van der Waals surface area contributed by atoms with Crippen LogP contribution >= 0.6 is 23.2 Å². The summed E-state index contributed by atoms with van der Waals surface area (Å²) in [7, 11) is 0. The van der Waals surface area contributed by atoms with Crippen LogP contribution in [-0.2, 0) is 39.5 Å². The second-order valence-electron chi connectivity index (χ2n) is 16.9. The van der Waals surface area contributed by atoms with Crippen molar-refractivity contribution in [1.82, 2.24) is 19.8 Å².